The predicted molar refractivity (Wildman–Crippen MR) is 70.3 cm³/mol. The van der Waals surface area contributed by atoms with E-state index in [9.17, 15) is 0 Å². The van der Waals surface area contributed by atoms with Crippen molar-refractivity contribution in [2.45, 2.75) is 12.5 Å². The second-order valence-electron chi connectivity index (χ2n) is 3.87. The van der Waals surface area contributed by atoms with Crippen molar-refractivity contribution in [3.05, 3.63) is 65.7 Å². The molecule has 0 saturated carbocycles. The van der Waals surface area contributed by atoms with Gasteiger partial charge in [0.05, 0.1) is 0 Å². The van der Waals surface area contributed by atoms with E-state index in [2.05, 4.69) is 36.4 Å². The average molecular weight is 277 g/mol. The third-order valence-electron chi connectivity index (χ3n) is 2.79. The van der Waals surface area contributed by atoms with E-state index in [-0.39, 0.29) is 23.1 Å². The molecule has 1 nitrogen and oxygen atoms in total. The van der Waals surface area contributed by atoms with Gasteiger partial charge in [-0.15, -0.1) is 17.0 Å². The quantitative estimate of drug-likeness (QED) is 0.767. The first-order valence-corrected chi connectivity index (χ1v) is 5.22. The van der Waals surface area contributed by atoms with E-state index >= 15 is 0 Å². The molecule has 0 spiro atoms. The molecular weight excluding hydrogens is 264 g/mol. The Morgan fingerprint density at radius 3 is 2.25 bits per heavy atom. The summed E-state index contributed by atoms with van der Waals surface area (Å²) in [6.07, 6.45) is 1.13. The van der Waals surface area contributed by atoms with Gasteiger partial charge in [0.2, 0.25) is 0 Å². The maximum atomic E-state index is 5.91. The van der Waals surface area contributed by atoms with Crippen LogP contribution in [0.3, 0.4) is 0 Å². The highest BCUT2D eigenvalue weighted by molar-refractivity contribution is 8.93. The van der Waals surface area contributed by atoms with Crippen LogP contribution in [0.25, 0.3) is 0 Å². The number of ether oxygens (including phenoxy) is 1. The topological polar surface area (TPSA) is 9.23 Å². The molecule has 2 aromatic rings. The molecule has 0 saturated heterocycles. The Hall–Kier alpha value is -1.28. The molecule has 2 bridgehead atoms. The van der Waals surface area contributed by atoms with E-state index < -0.39 is 0 Å². The molecule has 2 heterocycles. The lowest BCUT2D eigenvalue weighted by molar-refractivity contribution is 0.211. The Kier molecular flexibility index (Phi) is 3.30. The van der Waals surface area contributed by atoms with E-state index in [4.69, 9.17) is 4.74 Å². The van der Waals surface area contributed by atoms with Gasteiger partial charge >= 0.3 is 0 Å². The number of fused-ring (bicyclic) bond motifs is 4. The fourth-order valence-corrected chi connectivity index (χ4v) is 1.98. The lowest BCUT2D eigenvalue weighted by Gasteiger charge is -2.15. The first-order valence-electron chi connectivity index (χ1n) is 5.22. The largest absolute Gasteiger partial charge is 0.485 e. The molecule has 1 atom stereocenters. The molecule has 82 valence electrons. The van der Waals surface area contributed by atoms with Crippen molar-refractivity contribution >= 4 is 17.0 Å². The molecule has 16 heavy (non-hydrogen) atoms. The van der Waals surface area contributed by atoms with Crippen LogP contribution in [0.1, 0.15) is 17.2 Å². The summed E-state index contributed by atoms with van der Waals surface area (Å²) in [5.74, 6) is 0.963. The molecule has 4 rings (SSSR count). The standard InChI is InChI=1S/C14H12O.BrH/c1-2-4-12(5-3-1)14-10-11-6-8-13(15-14)9-7-11;/h1-9,14H,10H2;1H. The van der Waals surface area contributed by atoms with E-state index in [1.165, 1.54) is 11.1 Å². The number of rotatable bonds is 1. The van der Waals surface area contributed by atoms with Crippen molar-refractivity contribution in [3.8, 4) is 5.75 Å². The molecule has 0 radical (unpaired) electrons. The molecule has 0 N–H and O–H groups in total. The Balaban J connectivity index is 0.000000963. The van der Waals surface area contributed by atoms with Crippen LogP contribution in [0.15, 0.2) is 54.6 Å². The third-order valence-corrected chi connectivity index (χ3v) is 2.79. The molecule has 2 aromatic carbocycles. The Morgan fingerprint density at radius 2 is 1.56 bits per heavy atom. The monoisotopic (exact) mass is 276 g/mol. The summed E-state index contributed by atoms with van der Waals surface area (Å²) in [7, 11) is 0. The highest BCUT2D eigenvalue weighted by atomic mass is 79.9. The van der Waals surface area contributed by atoms with Gasteiger partial charge in [-0.25, -0.2) is 0 Å². The highest BCUT2D eigenvalue weighted by Gasteiger charge is 2.17. The second kappa shape index (κ2) is 4.71. The Bertz CT molecular complexity index is 425. The van der Waals surface area contributed by atoms with Crippen LogP contribution in [-0.4, -0.2) is 0 Å². The van der Waals surface area contributed by atoms with Crippen LogP contribution in [0, 0.1) is 0 Å². The van der Waals surface area contributed by atoms with E-state index in [0.717, 1.165) is 12.2 Å². The predicted octanol–water partition coefficient (Wildman–Crippen LogP) is 3.94. The van der Waals surface area contributed by atoms with E-state index in [1.54, 1.807) is 0 Å². The Labute approximate surface area is 106 Å². The van der Waals surface area contributed by atoms with Crippen molar-refractivity contribution in [1.29, 1.82) is 0 Å². The maximum absolute atomic E-state index is 5.91. The zero-order valence-corrected chi connectivity index (χ0v) is 10.5. The number of hydrogen-bond acceptors (Lipinski definition) is 1. The van der Waals surface area contributed by atoms with Gasteiger partial charge in [0.15, 0.2) is 0 Å². The molecular formula is C14H13BrO. The van der Waals surface area contributed by atoms with Gasteiger partial charge in [-0.2, -0.15) is 0 Å². The van der Waals surface area contributed by atoms with Gasteiger partial charge in [-0.1, -0.05) is 42.5 Å². The third kappa shape index (κ3) is 2.12. The van der Waals surface area contributed by atoms with Crippen molar-refractivity contribution in [1.82, 2.24) is 0 Å². The summed E-state index contributed by atoms with van der Waals surface area (Å²) < 4.78 is 5.91. The SMILES string of the molecule is Br.c1ccc(C2Cc3ccc(cc3)O2)cc1. The van der Waals surface area contributed by atoms with Crippen LogP contribution in [0.5, 0.6) is 5.75 Å². The molecule has 0 fully saturated rings. The fourth-order valence-electron chi connectivity index (χ4n) is 1.98. The lowest BCUT2D eigenvalue weighted by atomic mass is 10.0. The summed E-state index contributed by atoms with van der Waals surface area (Å²) in [4.78, 5) is 0. The zero-order valence-electron chi connectivity index (χ0n) is 8.80. The first-order chi connectivity index (χ1) is 7.42. The summed E-state index contributed by atoms with van der Waals surface area (Å²) in [6.45, 7) is 0. The highest BCUT2D eigenvalue weighted by Crippen LogP contribution is 2.29. The van der Waals surface area contributed by atoms with E-state index in [0.29, 0.717) is 0 Å². The molecule has 0 aliphatic carbocycles. The summed E-state index contributed by atoms with van der Waals surface area (Å²) in [6, 6.07) is 18.7. The van der Waals surface area contributed by atoms with Gasteiger partial charge in [0.1, 0.15) is 11.9 Å². The lowest BCUT2D eigenvalue weighted by Crippen LogP contribution is -2.07. The first kappa shape index (κ1) is 11.2. The summed E-state index contributed by atoms with van der Waals surface area (Å²) in [5.41, 5.74) is 2.59. The summed E-state index contributed by atoms with van der Waals surface area (Å²) >= 11 is 0. The van der Waals surface area contributed by atoms with Crippen LogP contribution >= 0.6 is 17.0 Å². The number of halogens is 1. The van der Waals surface area contributed by atoms with Crippen LogP contribution < -0.4 is 4.74 Å². The number of hydrogen-bond donors (Lipinski definition) is 0. The normalized spacial score (nSPS) is 17.1. The smallest absolute Gasteiger partial charge is 0.128 e. The minimum absolute atomic E-state index is 0. The van der Waals surface area contributed by atoms with E-state index in [1.807, 2.05) is 18.2 Å². The van der Waals surface area contributed by atoms with Crippen LogP contribution in [0.4, 0.5) is 0 Å². The maximum Gasteiger partial charge on any atom is 0.128 e. The fraction of sp³-hybridized carbons (Fsp3) is 0.143. The van der Waals surface area contributed by atoms with Gasteiger partial charge in [0.25, 0.3) is 0 Å². The second-order valence-corrected chi connectivity index (χ2v) is 3.87. The van der Waals surface area contributed by atoms with Gasteiger partial charge < -0.3 is 4.74 Å². The molecule has 2 aliphatic rings. The van der Waals surface area contributed by atoms with Crippen molar-refractivity contribution in [3.63, 3.8) is 0 Å². The molecule has 2 heteroatoms. The van der Waals surface area contributed by atoms with Crippen molar-refractivity contribution in [2.24, 2.45) is 0 Å². The van der Waals surface area contributed by atoms with Crippen LogP contribution in [0.2, 0.25) is 0 Å². The van der Waals surface area contributed by atoms with Crippen molar-refractivity contribution in [2.75, 3.05) is 0 Å². The zero-order chi connectivity index (χ0) is 10.1. The minimum atomic E-state index is 0. The summed E-state index contributed by atoms with van der Waals surface area (Å²) in [5, 5.41) is 0. The minimum Gasteiger partial charge on any atom is -0.485 e. The van der Waals surface area contributed by atoms with Crippen LogP contribution in [-0.2, 0) is 6.42 Å². The molecule has 1 unspecified atom stereocenters. The molecule has 0 amide bonds. The Morgan fingerprint density at radius 1 is 0.875 bits per heavy atom. The molecule has 2 aliphatic heterocycles. The van der Waals surface area contributed by atoms with Gasteiger partial charge in [-0.05, 0) is 23.3 Å². The number of benzene rings is 2. The van der Waals surface area contributed by atoms with Gasteiger partial charge in [0, 0.05) is 6.42 Å². The molecule has 0 aromatic heterocycles. The van der Waals surface area contributed by atoms with Crippen molar-refractivity contribution < 1.29 is 4.74 Å². The average Bonchev–Trinajstić information content (AvgIpc) is 2.63. The van der Waals surface area contributed by atoms with Gasteiger partial charge in [-0.3, -0.25) is 0 Å².